The van der Waals surface area contributed by atoms with Crippen LogP contribution in [0.15, 0.2) is 0 Å². The van der Waals surface area contributed by atoms with Crippen molar-refractivity contribution in [2.75, 3.05) is 33.3 Å². The Kier molecular flexibility index (Phi) is 2.82. The number of nitrogens with zero attached hydrogens (tertiary/aromatic N) is 2. The molecule has 2 rings (SSSR count). The summed E-state index contributed by atoms with van der Waals surface area (Å²) in [6.07, 6.45) is 3.01. The fourth-order valence-corrected chi connectivity index (χ4v) is 2.68. The van der Waals surface area contributed by atoms with Gasteiger partial charge in [0.05, 0.1) is 0 Å². The van der Waals surface area contributed by atoms with Crippen LogP contribution in [0.5, 0.6) is 0 Å². The van der Waals surface area contributed by atoms with E-state index >= 15 is 0 Å². The van der Waals surface area contributed by atoms with E-state index < -0.39 is 0 Å². The summed E-state index contributed by atoms with van der Waals surface area (Å²) in [5.74, 6) is 0. The second-order valence-corrected chi connectivity index (χ2v) is 4.71. The molecule has 1 saturated carbocycles. The molecule has 0 aromatic heterocycles. The van der Waals surface area contributed by atoms with Gasteiger partial charge >= 0.3 is 0 Å². The predicted molar refractivity (Wildman–Crippen MR) is 57.3 cm³/mol. The van der Waals surface area contributed by atoms with Crippen LogP contribution in [0, 0.1) is 0 Å². The average molecular weight is 198 g/mol. The van der Waals surface area contributed by atoms with Crippen molar-refractivity contribution >= 4 is 0 Å². The van der Waals surface area contributed by atoms with Gasteiger partial charge < -0.3 is 9.64 Å². The molecular formula is C11H22N2O. The van der Waals surface area contributed by atoms with Crippen molar-refractivity contribution in [3.63, 3.8) is 0 Å². The van der Waals surface area contributed by atoms with E-state index in [0.717, 1.165) is 13.2 Å². The maximum absolute atomic E-state index is 5.70. The molecule has 0 amide bonds. The monoisotopic (exact) mass is 198 g/mol. The molecule has 0 bridgehead atoms. The van der Waals surface area contributed by atoms with Crippen LogP contribution in [-0.2, 0) is 4.74 Å². The third-order valence-electron chi connectivity index (χ3n) is 3.57. The molecule has 0 radical (unpaired) electrons. The van der Waals surface area contributed by atoms with Crippen molar-refractivity contribution in [1.82, 2.24) is 9.80 Å². The lowest BCUT2D eigenvalue weighted by Crippen LogP contribution is -2.57. The second-order valence-electron chi connectivity index (χ2n) is 4.71. The van der Waals surface area contributed by atoms with Crippen molar-refractivity contribution in [3.05, 3.63) is 0 Å². The second kappa shape index (κ2) is 3.80. The zero-order valence-corrected chi connectivity index (χ0v) is 9.62. The van der Waals surface area contributed by atoms with Crippen molar-refractivity contribution in [3.8, 4) is 0 Å². The number of hydrogen-bond donors (Lipinski definition) is 0. The largest absolute Gasteiger partial charge is 0.364 e. The fraction of sp³-hybridized carbons (Fsp3) is 1.00. The number of piperazine rings is 1. The minimum atomic E-state index is 0.302. The first-order valence-electron chi connectivity index (χ1n) is 5.75. The minimum absolute atomic E-state index is 0.302. The molecule has 1 aliphatic heterocycles. The predicted octanol–water partition coefficient (Wildman–Crippen LogP) is 1.15. The Labute approximate surface area is 87.0 Å². The van der Waals surface area contributed by atoms with E-state index in [2.05, 4.69) is 30.7 Å². The molecule has 2 aliphatic rings. The Balaban J connectivity index is 1.97. The Hall–Kier alpha value is -0.120. The number of ether oxygens (including phenoxy) is 1. The van der Waals surface area contributed by atoms with Gasteiger partial charge in [-0.25, -0.2) is 0 Å². The van der Waals surface area contributed by atoms with Gasteiger partial charge in [0.2, 0.25) is 0 Å². The third-order valence-corrected chi connectivity index (χ3v) is 3.57. The summed E-state index contributed by atoms with van der Waals surface area (Å²) < 4.78 is 5.70. The normalized spacial score (nSPS) is 29.4. The highest BCUT2D eigenvalue weighted by Gasteiger charge is 2.52. The van der Waals surface area contributed by atoms with Crippen LogP contribution in [-0.4, -0.2) is 54.9 Å². The molecule has 1 unspecified atom stereocenters. The minimum Gasteiger partial charge on any atom is -0.364 e. The molecule has 0 aromatic carbocycles. The van der Waals surface area contributed by atoms with Gasteiger partial charge in [0.25, 0.3) is 0 Å². The summed E-state index contributed by atoms with van der Waals surface area (Å²) in [5, 5.41) is 0. The van der Waals surface area contributed by atoms with E-state index in [1.165, 1.54) is 25.9 Å². The molecule has 1 saturated heterocycles. The maximum atomic E-state index is 5.70. The van der Waals surface area contributed by atoms with Crippen LogP contribution < -0.4 is 0 Å². The van der Waals surface area contributed by atoms with Gasteiger partial charge in [-0.05, 0) is 33.7 Å². The molecule has 1 spiro atoms. The molecule has 1 heterocycles. The van der Waals surface area contributed by atoms with E-state index in [1.54, 1.807) is 0 Å². The average Bonchev–Trinajstić information content (AvgIpc) is 2.85. The zero-order valence-electron chi connectivity index (χ0n) is 9.62. The van der Waals surface area contributed by atoms with E-state index in [9.17, 15) is 0 Å². The van der Waals surface area contributed by atoms with E-state index in [0.29, 0.717) is 11.8 Å². The number of likely N-dealkylation sites (N-methyl/N-ethyl adjacent to an activating group) is 1. The van der Waals surface area contributed by atoms with Gasteiger partial charge in [0, 0.05) is 31.8 Å². The molecule has 1 atom stereocenters. The van der Waals surface area contributed by atoms with Gasteiger partial charge in [-0.3, -0.25) is 4.90 Å². The third kappa shape index (κ3) is 1.81. The number of hydrogen-bond acceptors (Lipinski definition) is 3. The SMILES string of the molecule is CCOC(C)N1CCN(C)CC12CC2. The quantitative estimate of drug-likeness (QED) is 0.676. The smallest absolute Gasteiger partial charge is 0.108 e. The summed E-state index contributed by atoms with van der Waals surface area (Å²) in [6.45, 7) is 8.66. The molecule has 14 heavy (non-hydrogen) atoms. The first kappa shape index (κ1) is 10.4. The van der Waals surface area contributed by atoms with Crippen molar-refractivity contribution in [2.45, 2.75) is 38.5 Å². The maximum Gasteiger partial charge on any atom is 0.108 e. The summed E-state index contributed by atoms with van der Waals surface area (Å²) in [4.78, 5) is 5.01. The Bertz CT molecular complexity index is 203. The van der Waals surface area contributed by atoms with Crippen LogP contribution in [0.4, 0.5) is 0 Å². The van der Waals surface area contributed by atoms with Gasteiger partial charge in [-0.2, -0.15) is 0 Å². The molecular weight excluding hydrogens is 176 g/mol. The molecule has 3 heteroatoms. The van der Waals surface area contributed by atoms with Crippen LogP contribution in [0.2, 0.25) is 0 Å². The Morgan fingerprint density at radius 3 is 2.64 bits per heavy atom. The highest BCUT2D eigenvalue weighted by atomic mass is 16.5. The molecule has 2 fully saturated rings. The van der Waals surface area contributed by atoms with Crippen LogP contribution in [0.25, 0.3) is 0 Å². The lowest BCUT2D eigenvalue weighted by Gasteiger charge is -2.43. The molecule has 3 nitrogen and oxygen atoms in total. The summed E-state index contributed by atoms with van der Waals surface area (Å²) >= 11 is 0. The summed E-state index contributed by atoms with van der Waals surface area (Å²) in [7, 11) is 2.22. The van der Waals surface area contributed by atoms with Crippen LogP contribution >= 0.6 is 0 Å². The Morgan fingerprint density at radius 1 is 1.36 bits per heavy atom. The van der Waals surface area contributed by atoms with Gasteiger partial charge in [-0.1, -0.05) is 0 Å². The van der Waals surface area contributed by atoms with Crippen LogP contribution in [0.3, 0.4) is 0 Å². The van der Waals surface area contributed by atoms with Crippen LogP contribution in [0.1, 0.15) is 26.7 Å². The molecule has 0 aromatic rings. The van der Waals surface area contributed by atoms with Gasteiger partial charge in [0.15, 0.2) is 0 Å². The molecule has 82 valence electrons. The lowest BCUT2D eigenvalue weighted by atomic mass is 10.1. The topological polar surface area (TPSA) is 15.7 Å². The zero-order chi connectivity index (χ0) is 10.2. The van der Waals surface area contributed by atoms with Crippen molar-refractivity contribution in [1.29, 1.82) is 0 Å². The highest BCUT2D eigenvalue weighted by Crippen LogP contribution is 2.44. The first-order chi connectivity index (χ1) is 6.68. The van der Waals surface area contributed by atoms with E-state index in [4.69, 9.17) is 4.74 Å². The molecule has 0 N–H and O–H groups in total. The fourth-order valence-electron chi connectivity index (χ4n) is 2.68. The molecule has 1 aliphatic carbocycles. The Morgan fingerprint density at radius 2 is 2.07 bits per heavy atom. The lowest BCUT2D eigenvalue weighted by molar-refractivity contribution is -0.0924. The number of rotatable bonds is 3. The standard InChI is InChI=1S/C11H22N2O/c1-4-14-10(2)13-8-7-12(3)9-11(13)5-6-11/h10H,4-9H2,1-3H3. The summed E-state index contributed by atoms with van der Waals surface area (Å²) in [5.41, 5.74) is 0.474. The van der Waals surface area contributed by atoms with Gasteiger partial charge in [-0.15, -0.1) is 0 Å². The summed E-state index contributed by atoms with van der Waals surface area (Å²) in [6, 6.07) is 0. The van der Waals surface area contributed by atoms with E-state index in [-0.39, 0.29) is 0 Å². The van der Waals surface area contributed by atoms with Crippen molar-refractivity contribution in [2.24, 2.45) is 0 Å². The van der Waals surface area contributed by atoms with Crippen molar-refractivity contribution < 1.29 is 4.74 Å². The van der Waals surface area contributed by atoms with E-state index in [1.807, 2.05) is 0 Å². The highest BCUT2D eigenvalue weighted by molar-refractivity contribution is 5.08. The first-order valence-corrected chi connectivity index (χ1v) is 5.75. The van der Waals surface area contributed by atoms with Gasteiger partial charge in [0.1, 0.15) is 6.23 Å².